The highest BCUT2D eigenvalue weighted by molar-refractivity contribution is 5.95. The fourth-order valence-corrected chi connectivity index (χ4v) is 3.03. The Morgan fingerprint density at radius 1 is 1.07 bits per heavy atom. The van der Waals surface area contributed by atoms with Gasteiger partial charge in [-0.05, 0) is 31.3 Å². The molecule has 0 spiro atoms. The first-order valence-corrected chi connectivity index (χ1v) is 6.53. The molecule has 0 N–H and O–H groups in total. The highest BCUT2D eigenvalue weighted by Gasteiger charge is 2.31. The van der Waals surface area contributed by atoms with Crippen molar-refractivity contribution < 1.29 is 4.79 Å². The van der Waals surface area contributed by atoms with Crippen molar-refractivity contribution in [2.75, 3.05) is 0 Å². The quantitative estimate of drug-likeness (QED) is 0.588. The normalized spacial score (nSPS) is 33.4. The van der Waals surface area contributed by atoms with Gasteiger partial charge in [0.2, 0.25) is 0 Å². The molecule has 0 aromatic heterocycles. The average molecular weight is 206 g/mol. The van der Waals surface area contributed by atoms with Gasteiger partial charge in [-0.2, -0.15) is 0 Å². The first kappa shape index (κ1) is 10.9. The number of hydrogen-bond donors (Lipinski definition) is 0. The van der Waals surface area contributed by atoms with E-state index in [4.69, 9.17) is 0 Å². The van der Waals surface area contributed by atoms with E-state index in [0.29, 0.717) is 11.7 Å². The number of hydrogen-bond acceptors (Lipinski definition) is 1. The van der Waals surface area contributed by atoms with E-state index in [9.17, 15) is 4.79 Å². The van der Waals surface area contributed by atoms with E-state index >= 15 is 0 Å². The van der Waals surface area contributed by atoms with Crippen molar-refractivity contribution in [1.82, 2.24) is 0 Å². The fourth-order valence-electron chi connectivity index (χ4n) is 3.03. The van der Waals surface area contributed by atoms with Crippen molar-refractivity contribution in [3.63, 3.8) is 0 Å². The number of carbonyl (C=O) groups is 1. The molecule has 2 rings (SSSR count). The molecule has 2 atom stereocenters. The van der Waals surface area contributed by atoms with E-state index in [1.807, 2.05) is 6.08 Å². The van der Waals surface area contributed by atoms with Gasteiger partial charge in [0.25, 0.3) is 0 Å². The van der Waals surface area contributed by atoms with Gasteiger partial charge in [-0.15, -0.1) is 0 Å². The Morgan fingerprint density at radius 2 is 1.73 bits per heavy atom. The Hall–Kier alpha value is -0.590. The van der Waals surface area contributed by atoms with Crippen molar-refractivity contribution in [1.29, 1.82) is 0 Å². The molecule has 1 saturated carbocycles. The Morgan fingerprint density at radius 3 is 2.53 bits per heavy atom. The molecular formula is C14H22O. The molecule has 0 heterocycles. The zero-order chi connectivity index (χ0) is 10.7. The van der Waals surface area contributed by atoms with Gasteiger partial charge in [-0.1, -0.05) is 44.6 Å². The summed E-state index contributed by atoms with van der Waals surface area (Å²) in [5.74, 6) is 1.25. The fraction of sp³-hybridized carbons (Fsp3) is 0.786. The second-order valence-electron chi connectivity index (χ2n) is 5.18. The number of carbonyl (C=O) groups excluding carboxylic acids is 1. The van der Waals surface area contributed by atoms with Crippen molar-refractivity contribution >= 4 is 5.78 Å². The smallest absolute Gasteiger partial charge is 0.159 e. The molecule has 2 aliphatic carbocycles. The van der Waals surface area contributed by atoms with Crippen LogP contribution in [0.2, 0.25) is 0 Å². The van der Waals surface area contributed by atoms with Gasteiger partial charge in [0.15, 0.2) is 5.78 Å². The van der Waals surface area contributed by atoms with Crippen molar-refractivity contribution in [3.05, 3.63) is 11.6 Å². The van der Waals surface area contributed by atoms with Gasteiger partial charge in [-0.25, -0.2) is 0 Å². The molecule has 15 heavy (non-hydrogen) atoms. The van der Waals surface area contributed by atoms with Crippen molar-refractivity contribution in [3.8, 4) is 0 Å². The van der Waals surface area contributed by atoms with E-state index in [0.717, 1.165) is 0 Å². The predicted molar refractivity (Wildman–Crippen MR) is 62.7 cm³/mol. The Balaban J connectivity index is 2.03. The minimum atomic E-state index is 0.277. The van der Waals surface area contributed by atoms with E-state index in [1.165, 1.54) is 56.9 Å². The molecule has 84 valence electrons. The maximum absolute atomic E-state index is 11.7. The monoisotopic (exact) mass is 206 g/mol. The molecule has 2 aliphatic rings. The molecule has 1 nitrogen and oxygen atoms in total. The van der Waals surface area contributed by atoms with Crippen molar-refractivity contribution in [2.24, 2.45) is 11.8 Å². The third-order valence-electron chi connectivity index (χ3n) is 4.09. The maximum Gasteiger partial charge on any atom is 0.159 e. The van der Waals surface area contributed by atoms with Crippen LogP contribution >= 0.6 is 0 Å². The van der Waals surface area contributed by atoms with Gasteiger partial charge in [0, 0.05) is 5.92 Å². The Kier molecular flexibility index (Phi) is 3.61. The van der Waals surface area contributed by atoms with E-state index in [1.54, 1.807) is 0 Å². The van der Waals surface area contributed by atoms with Crippen LogP contribution < -0.4 is 0 Å². The lowest BCUT2D eigenvalue weighted by atomic mass is 9.84. The van der Waals surface area contributed by atoms with Crippen LogP contribution in [-0.2, 0) is 4.79 Å². The molecular weight excluding hydrogens is 184 g/mol. The van der Waals surface area contributed by atoms with Crippen molar-refractivity contribution in [2.45, 2.75) is 58.3 Å². The summed E-state index contributed by atoms with van der Waals surface area (Å²) in [4.78, 5) is 11.7. The molecule has 0 radical (unpaired) electrons. The zero-order valence-electron chi connectivity index (χ0n) is 9.80. The van der Waals surface area contributed by atoms with E-state index < -0.39 is 0 Å². The highest BCUT2D eigenvalue weighted by atomic mass is 16.1. The summed E-state index contributed by atoms with van der Waals surface area (Å²) in [6.07, 6.45) is 12.5. The van der Waals surface area contributed by atoms with Crippen LogP contribution in [0.5, 0.6) is 0 Å². The van der Waals surface area contributed by atoms with Crippen LogP contribution in [0.15, 0.2) is 11.6 Å². The van der Waals surface area contributed by atoms with Crippen LogP contribution in [0.3, 0.4) is 0 Å². The number of allylic oxidation sites excluding steroid dienone is 2. The van der Waals surface area contributed by atoms with Gasteiger partial charge in [0.1, 0.15) is 0 Å². The summed E-state index contributed by atoms with van der Waals surface area (Å²) in [6, 6.07) is 0. The summed E-state index contributed by atoms with van der Waals surface area (Å²) >= 11 is 0. The first-order valence-electron chi connectivity index (χ1n) is 6.53. The third-order valence-corrected chi connectivity index (χ3v) is 4.09. The molecule has 0 amide bonds. The van der Waals surface area contributed by atoms with E-state index in [-0.39, 0.29) is 5.92 Å². The van der Waals surface area contributed by atoms with Crippen LogP contribution in [0, 0.1) is 11.8 Å². The van der Waals surface area contributed by atoms with Gasteiger partial charge in [-0.3, -0.25) is 4.79 Å². The molecule has 0 saturated heterocycles. The number of ketones is 1. The van der Waals surface area contributed by atoms with Crippen LogP contribution in [0.25, 0.3) is 0 Å². The predicted octanol–water partition coefficient (Wildman–Crippen LogP) is 3.88. The summed E-state index contributed by atoms with van der Waals surface area (Å²) in [6.45, 7) is 2.11. The third kappa shape index (κ3) is 2.50. The second kappa shape index (κ2) is 4.96. The van der Waals surface area contributed by atoms with Crippen LogP contribution in [0.4, 0.5) is 0 Å². The lowest BCUT2D eigenvalue weighted by Gasteiger charge is -2.20. The van der Waals surface area contributed by atoms with Gasteiger partial charge >= 0.3 is 0 Å². The summed E-state index contributed by atoms with van der Waals surface area (Å²) in [5.41, 5.74) is 1.47. The largest absolute Gasteiger partial charge is 0.295 e. The first-order chi connectivity index (χ1) is 7.29. The highest BCUT2D eigenvalue weighted by Crippen LogP contribution is 2.36. The Labute approximate surface area is 92.9 Å². The SMILES string of the molecule is CC1C(=O)C=C2CCCCCCCCC21. The Bertz CT molecular complexity index is 265. The number of rotatable bonds is 0. The molecule has 0 aliphatic heterocycles. The van der Waals surface area contributed by atoms with Crippen LogP contribution in [-0.4, -0.2) is 5.78 Å². The maximum atomic E-state index is 11.7. The lowest BCUT2D eigenvalue weighted by Crippen LogP contribution is -2.14. The van der Waals surface area contributed by atoms with Gasteiger partial charge in [0.05, 0.1) is 0 Å². The minimum absolute atomic E-state index is 0.277. The zero-order valence-corrected chi connectivity index (χ0v) is 9.80. The minimum Gasteiger partial charge on any atom is -0.295 e. The lowest BCUT2D eigenvalue weighted by molar-refractivity contribution is -0.117. The average Bonchev–Trinajstić information content (AvgIpc) is 2.51. The topological polar surface area (TPSA) is 17.1 Å². The summed E-state index contributed by atoms with van der Waals surface area (Å²) < 4.78 is 0. The van der Waals surface area contributed by atoms with E-state index in [2.05, 4.69) is 6.92 Å². The molecule has 0 aromatic rings. The number of fused-ring (bicyclic) bond motifs is 1. The van der Waals surface area contributed by atoms with Crippen LogP contribution in [0.1, 0.15) is 58.3 Å². The standard InChI is InChI=1S/C14H22O/c1-11-13-9-7-5-3-2-4-6-8-12(13)10-14(11)15/h10-11,13H,2-9H2,1H3. The molecule has 0 aromatic carbocycles. The molecule has 1 fully saturated rings. The van der Waals surface area contributed by atoms with Gasteiger partial charge < -0.3 is 0 Å². The second-order valence-corrected chi connectivity index (χ2v) is 5.18. The summed E-state index contributed by atoms with van der Waals surface area (Å²) in [7, 11) is 0. The molecule has 2 unspecified atom stereocenters. The molecule has 1 heteroatoms. The summed E-state index contributed by atoms with van der Waals surface area (Å²) in [5, 5.41) is 0. The molecule has 0 bridgehead atoms.